The van der Waals surface area contributed by atoms with Crippen LogP contribution in [0.1, 0.15) is 26.4 Å². The second kappa shape index (κ2) is 5.17. The first-order chi connectivity index (χ1) is 9.70. The molecule has 0 saturated carbocycles. The van der Waals surface area contributed by atoms with Gasteiger partial charge in [0, 0.05) is 30.6 Å². The molecule has 0 fully saturated rings. The van der Waals surface area contributed by atoms with Gasteiger partial charge in [-0.2, -0.15) is 0 Å². The number of hydrogen-bond donors (Lipinski definition) is 1. The van der Waals surface area contributed by atoms with Crippen LogP contribution >= 0.6 is 0 Å². The Balaban J connectivity index is 2.36. The van der Waals surface area contributed by atoms with Crippen LogP contribution in [-0.4, -0.2) is 36.1 Å². The molecule has 0 radical (unpaired) electrons. The average Bonchev–Trinajstić information content (AvgIpc) is 2.79. The van der Waals surface area contributed by atoms with Crippen molar-refractivity contribution < 1.29 is 23.1 Å². The summed E-state index contributed by atoms with van der Waals surface area (Å²) in [6.07, 6.45) is 2.51. The number of carbonyl (C=O) groups excluding carboxylic acids is 1. The smallest absolute Gasteiger partial charge is 0.352 e. The van der Waals surface area contributed by atoms with E-state index in [0.29, 0.717) is 5.56 Å². The molecule has 1 aromatic heterocycles. The molecule has 110 valence electrons. The van der Waals surface area contributed by atoms with E-state index in [4.69, 9.17) is 5.11 Å². The molecule has 1 N–H and O–H groups in total. The number of rotatable bonds is 4. The van der Waals surface area contributed by atoms with Crippen LogP contribution in [0.2, 0.25) is 0 Å². The minimum atomic E-state index is -3.32. The highest BCUT2D eigenvalue weighted by atomic mass is 32.2. The highest BCUT2D eigenvalue weighted by Crippen LogP contribution is 2.16. The van der Waals surface area contributed by atoms with E-state index in [0.717, 1.165) is 6.26 Å². The van der Waals surface area contributed by atoms with Crippen LogP contribution in [-0.2, 0) is 16.9 Å². The zero-order valence-electron chi connectivity index (χ0n) is 11.4. The van der Waals surface area contributed by atoms with Gasteiger partial charge in [0.1, 0.15) is 5.69 Å². The van der Waals surface area contributed by atoms with Crippen LogP contribution in [0, 0.1) is 0 Å². The van der Waals surface area contributed by atoms with Gasteiger partial charge in [0.15, 0.2) is 15.6 Å². The highest BCUT2D eigenvalue weighted by Gasteiger charge is 2.17. The maximum atomic E-state index is 12.2. The summed E-state index contributed by atoms with van der Waals surface area (Å²) in [7, 11) is -1.78. The van der Waals surface area contributed by atoms with Gasteiger partial charge in [-0.15, -0.1) is 0 Å². The topological polar surface area (TPSA) is 93.4 Å². The summed E-state index contributed by atoms with van der Waals surface area (Å²) in [6.45, 7) is 0. The molecule has 0 amide bonds. The van der Waals surface area contributed by atoms with Crippen LogP contribution in [0.4, 0.5) is 0 Å². The number of carbonyl (C=O) groups is 2. The van der Waals surface area contributed by atoms with Gasteiger partial charge in [0.05, 0.1) is 4.90 Å². The van der Waals surface area contributed by atoms with E-state index in [9.17, 15) is 18.0 Å². The number of aromatic nitrogens is 1. The summed E-state index contributed by atoms with van der Waals surface area (Å²) in [4.78, 5) is 23.3. The number of carboxylic acid groups (broad SMARTS) is 1. The van der Waals surface area contributed by atoms with Crippen LogP contribution in [0.3, 0.4) is 0 Å². The predicted octanol–water partition coefficient (Wildman–Crippen LogP) is 1.36. The Kier molecular flexibility index (Phi) is 3.69. The van der Waals surface area contributed by atoms with Crippen molar-refractivity contribution in [1.29, 1.82) is 0 Å². The molecule has 6 nitrogen and oxygen atoms in total. The minimum Gasteiger partial charge on any atom is -0.477 e. The standard InChI is InChI=1S/C14H13NO5S/c1-15-8-10(7-12(15)14(17)18)13(16)9-3-5-11(6-4-9)21(2,19)20/h3-8H,1-2H3,(H,17,18). The summed E-state index contributed by atoms with van der Waals surface area (Å²) < 4.78 is 24.1. The van der Waals surface area contributed by atoms with Crippen molar-refractivity contribution in [3.8, 4) is 0 Å². The molecule has 21 heavy (non-hydrogen) atoms. The number of aryl methyl sites for hydroxylation is 1. The molecule has 0 spiro atoms. The van der Waals surface area contributed by atoms with Gasteiger partial charge in [-0.25, -0.2) is 13.2 Å². The fourth-order valence-electron chi connectivity index (χ4n) is 1.92. The monoisotopic (exact) mass is 307 g/mol. The lowest BCUT2D eigenvalue weighted by Crippen LogP contribution is -2.02. The lowest BCUT2D eigenvalue weighted by atomic mass is 10.1. The summed E-state index contributed by atoms with van der Waals surface area (Å²) in [5.74, 6) is -1.48. The van der Waals surface area contributed by atoms with E-state index < -0.39 is 15.8 Å². The summed E-state index contributed by atoms with van der Waals surface area (Å²) in [6, 6.07) is 6.81. The van der Waals surface area contributed by atoms with Gasteiger partial charge < -0.3 is 9.67 Å². The Labute approximate surface area is 121 Å². The van der Waals surface area contributed by atoms with E-state index in [2.05, 4.69) is 0 Å². The van der Waals surface area contributed by atoms with Gasteiger partial charge in [0.2, 0.25) is 0 Å². The third kappa shape index (κ3) is 3.03. The number of aromatic carboxylic acids is 1. The van der Waals surface area contributed by atoms with Crippen LogP contribution in [0.25, 0.3) is 0 Å². The fraction of sp³-hybridized carbons (Fsp3) is 0.143. The maximum absolute atomic E-state index is 12.2. The Hall–Kier alpha value is -2.41. The molecule has 0 unspecified atom stereocenters. The molecule has 0 saturated heterocycles. The average molecular weight is 307 g/mol. The highest BCUT2D eigenvalue weighted by molar-refractivity contribution is 7.90. The van der Waals surface area contributed by atoms with E-state index in [1.165, 1.54) is 48.1 Å². The van der Waals surface area contributed by atoms with Crippen molar-refractivity contribution in [1.82, 2.24) is 4.57 Å². The molecule has 0 bridgehead atoms. The molecule has 0 atom stereocenters. The SMILES string of the molecule is Cn1cc(C(=O)c2ccc(S(C)(=O)=O)cc2)cc1C(=O)O. The molecule has 1 aromatic carbocycles. The first kappa shape index (κ1) is 15.0. The second-order valence-corrected chi connectivity index (χ2v) is 6.67. The first-order valence-electron chi connectivity index (χ1n) is 5.94. The molecular formula is C14H13NO5S. The molecule has 1 heterocycles. The van der Waals surface area contributed by atoms with Gasteiger partial charge in [0.25, 0.3) is 0 Å². The zero-order chi connectivity index (χ0) is 15.8. The van der Waals surface area contributed by atoms with Gasteiger partial charge in [-0.05, 0) is 30.3 Å². The van der Waals surface area contributed by atoms with Crippen LogP contribution < -0.4 is 0 Å². The minimum absolute atomic E-state index is 0.00565. The lowest BCUT2D eigenvalue weighted by Gasteiger charge is -2.01. The Morgan fingerprint density at radius 2 is 1.67 bits per heavy atom. The number of hydrogen-bond acceptors (Lipinski definition) is 4. The summed E-state index contributed by atoms with van der Waals surface area (Å²) in [5.41, 5.74) is 0.540. The van der Waals surface area contributed by atoms with Gasteiger partial charge in [-0.1, -0.05) is 0 Å². The molecular weight excluding hydrogens is 294 g/mol. The number of benzene rings is 1. The van der Waals surface area contributed by atoms with Crippen LogP contribution in [0.15, 0.2) is 41.4 Å². The zero-order valence-corrected chi connectivity index (χ0v) is 12.2. The molecule has 7 heteroatoms. The van der Waals surface area contributed by atoms with Crippen molar-refractivity contribution in [2.75, 3.05) is 6.26 Å². The second-order valence-electron chi connectivity index (χ2n) is 4.66. The summed E-state index contributed by atoms with van der Waals surface area (Å²) in [5, 5.41) is 8.96. The van der Waals surface area contributed by atoms with E-state index in [1.807, 2.05) is 0 Å². The van der Waals surface area contributed by atoms with Gasteiger partial charge in [-0.3, -0.25) is 4.79 Å². The molecule has 2 rings (SSSR count). The Bertz CT molecular complexity index is 816. The van der Waals surface area contributed by atoms with Crippen molar-refractivity contribution in [3.63, 3.8) is 0 Å². The molecule has 0 aliphatic rings. The third-order valence-electron chi connectivity index (χ3n) is 3.03. The van der Waals surface area contributed by atoms with E-state index in [-0.39, 0.29) is 21.9 Å². The Morgan fingerprint density at radius 1 is 1.10 bits per heavy atom. The molecule has 0 aliphatic carbocycles. The maximum Gasteiger partial charge on any atom is 0.352 e. The lowest BCUT2D eigenvalue weighted by molar-refractivity contribution is 0.0686. The number of sulfone groups is 1. The quantitative estimate of drug-likeness (QED) is 0.861. The van der Waals surface area contributed by atoms with E-state index >= 15 is 0 Å². The van der Waals surface area contributed by atoms with Crippen molar-refractivity contribution in [2.45, 2.75) is 4.90 Å². The molecule has 0 aliphatic heterocycles. The predicted molar refractivity (Wildman–Crippen MR) is 75.4 cm³/mol. The fourth-order valence-corrected chi connectivity index (χ4v) is 2.55. The summed E-state index contributed by atoms with van der Waals surface area (Å²) >= 11 is 0. The largest absolute Gasteiger partial charge is 0.477 e. The third-order valence-corrected chi connectivity index (χ3v) is 4.16. The first-order valence-corrected chi connectivity index (χ1v) is 7.84. The van der Waals surface area contributed by atoms with Crippen molar-refractivity contribution >= 4 is 21.6 Å². The van der Waals surface area contributed by atoms with Crippen LogP contribution in [0.5, 0.6) is 0 Å². The van der Waals surface area contributed by atoms with E-state index in [1.54, 1.807) is 0 Å². The van der Waals surface area contributed by atoms with Crippen molar-refractivity contribution in [3.05, 3.63) is 53.3 Å². The van der Waals surface area contributed by atoms with Gasteiger partial charge >= 0.3 is 5.97 Å². The number of nitrogens with zero attached hydrogens (tertiary/aromatic N) is 1. The van der Waals surface area contributed by atoms with Crippen molar-refractivity contribution in [2.24, 2.45) is 7.05 Å². The number of carboxylic acids is 1. The normalized spacial score (nSPS) is 11.3. The Morgan fingerprint density at radius 3 is 2.10 bits per heavy atom. The number of ketones is 1. The molecule has 2 aromatic rings.